The van der Waals surface area contributed by atoms with Gasteiger partial charge in [0.15, 0.2) is 0 Å². The van der Waals surface area contributed by atoms with Gasteiger partial charge >= 0.3 is 5.97 Å². The van der Waals surface area contributed by atoms with Crippen molar-refractivity contribution in [3.05, 3.63) is 18.0 Å². The second-order valence-electron chi connectivity index (χ2n) is 4.87. The summed E-state index contributed by atoms with van der Waals surface area (Å²) in [4.78, 5) is 10.4. The van der Waals surface area contributed by atoms with E-state index >= 15 is 0 Å². The topological polar surface area (TPSA) is 55.1 Å². The molecule has 0 saturated heterocycles. The quantitative estimate of drug-likeness (QED) is 0.855. The van der Waals surface area contributed by atoms with Crippen LogP contribution in [0.25, 0.3) is 0 Å². The molecule has 0 spiro atoms. The van der Waals surface area contributed by atoms with E-state index in [0.717, 1.165) is 12.0 Å². The Morgan fingerprint density at radius 3 is 2.88 bits per heavy atom. The number of nitrogens with zero attached hydrogens (tertiary/aromatic N) is 2. The molecule has 4 heteroatoms. The smallest absolute Gasteiger partial charge is 0.303 e. The van der Waals surface area contributed by atoms with Gasteiger partial charge in [-0.3, -0.25) is 9.48 Å². The van der Waals surface area contributed by atoms with Gasteiger partial charge in [0, 0.05) is 12.6 Å². The first-order chi connectivity index (χ1) is 8.25. The van der Waals surface area contributed by atoms with Crippen LogP contribution in [-0.4, -0.2) is 20.9 Å². The third-order valence-electron chi connectivity index (χ3n) is 3.46. The van der Waals surface area contributed by atoms with Gasteiger partial charge in [-0.2, -0.15) is 5.10 Å². The number of aryl methyl sites for hydroxylation is 1. The van der Waals surface area contributed by atoms with E-state index in [-0.39, 0.29) is 6.42 Å². The standard InChI is InChI=1S/C13H20N2O2/c16-13(17)8-4-5-11-9-14-15(10-11)12-6-2-1-3-7-12/h9-10,12H,1-8H2,(H,16,17). The Bertz CT molecular complexity index is 367. The minimum Gasteiger partial charge on any atom is -0.481 e. The predicted molar refractivity (Wildman–Crippen MR) is 64.9 cm³/mol. The van der Waals surface area contributed by atoms with E-state index in [9.17, 15) is 4.79 Å². The molecule has 1 heterocycles. The van der Waals surface area contributed by atoms with Gasteiger partial charge in [-0.1, -0.05) is 19.3 Å². The van der Waals surface area contributed by atoms with Gasteiger partial charge in [-0.15, -0.1) is 0 Å². The van der Waals surface area contributed by atoms with E-state index in [1.165, 1.54) is 32.1 Å². The molecule has 1 aromatic rings. The molecule has 0 aromatic carbocycles. The SMILES string of the molecule is O=C(O)CCCc1cnn(C2CCCCC2)c1. The molecular weight excluding hydrogens is 216 g/mol. The average Bonchev–Trinajstić information content (AvgIpc) is 2.78. The van der Waals surface area contributed by atoms with E-state index in [2.05, 4.69) is 16.0 Å². The van der Waals surface area contributed by atoms with E-state index in [1.807, 2.05) is 6.20 Å². The Balaban J connectivity index is 1.84. The zero-order valence-electron chi connectivity index (χ0n) is 10.1. The van der Waals surface area contributed by atoms with Crippen LogP contribution >= 0.6 is 0 Å². The Labute approximate surface area is 102 Å². The third-order valence-corrected chi connectivity index (χ3v) is 3.46. The summed E-state index contributed by atoms with van der Waals surface area (Å²) < 4.78 is 2.08. The van der Waals surface area contributed by atoms with E-state index < -0.39 is 5.97 Å². The van der Waals surface area contributed by atoms with E-state index in [4.69, 9.17) is 5.11 Å². The summed E-state index contributed by atoms with van der Waals surface area (Å²) in [6.45, 7) is 0. The normalized spacial score (nSPS) is 17.2. The van der Waals surface area contributed by atoms with Crippen LogP contribution in [0.2, 0.25) is 0 Å². The van der Waals surface area contributed by atoms with Crippen molar-refractivity contribution in [3.8, 4) is 0 Å². The lowest BCUT2D eigenvalue weighted by Crippen LogP contribution is -2.12. The molecule has 94 valence electrons. The molecule has 1 saturated carbocycles. The molecule has 2 rings (SSSR count). The first-order valence-electron chi connectivity index (χ1n) is 6.50. The number of carbonyl (C=O) groups is 1. The molecule has 1 aromatic heterocycles. The van der Waals surface area contributed by atoms with E-state index in [1.54, 1.807) is 0 Å². The van der Waals surface area contributed by atoms with Crippen molar-refractivity contribution in [1.29, 1.82) is 0 Å². The molecular formula is C13H20N2O2. The number of hydrogen-bond donors (Lipinski definition) is 1. The van der Waals surface area contributed by atoms with Crippen LogP contribution < -0.4 is 0 Å². The highest BCUT2D eigenvalue weighted by Crippen LogP contribution is 2.27. The molecule has 0 aliphatic heterocycles. The van der Waals surface area contributed by atoms with Crippen LogP contribution in [0.1, 0.15) is 56.6 Å². The van der Waals surface area contributed by atoms with Gasteiger partial charge in [0.25, 0.3) is 0 Å². The van der Waals surface area contributed by atoms with Crippen molar-refractivity contribution in [2.45, 2.75) is 57.4 Å². The Morgan fingerprint density at radius 2 is 2.18 bits per heavy atom. The number of hydrogen-bond acceptors (Lipinski definition) is 2. The molecule has 1 N–H and O–H groups in total. The Morgan fingerprint density at radius 1 is 1.41 bits per heavy atom. The van der Waals surface area contributed by atoms with Crippen LogP contribution in [0.4, 0.5) is 0 Å². The fraction of sp³-hybridized carbons (Fsp3) is 0.692. The highest BCUT2D eigenvalue weighted by molar-refractivity contribution is 5.66. The molecule has 17 heavy (non-hydrogen) atoms. The lowest BCUT2D eigenvalue weighted by molar-refractivity contribution is -0.137. The lowest BCUT2D eigenvalue weighted by Gasteiger charge is -2.21. The maximum atomic E-state index is 10.4. The average molecular weight is 236 g/mol. The zero-order valence-corrected chi connectivity index (χ0v) is 10.1. The van der Waals surface area contributed by atoms with Gasteiger partial charge in [0.2, 0.25) is 0 Å². The summed E-state index contributed by atoms with van der Waals surface area (Å²) in [5.41, 5.74) is 1.16. The first kappa shape index (κ1) is 12.1. The van der Waals surface area contributed by atoms with Crippen LogP contribution in [0, 0.1) is 0 Å². The monoisotopic (exact) mass is 236 g/mol. The van der Waals surface area contributed by atoms with Crippen molar-refractivity contribution in [3.63, 3.8) is 0 Å². The molecule has 0 amide bonds. The fourth-order valence-electron chi connectivity index (χ4n) is 2.50. The summed E-state index contributed by atoms with van der Waals surface area (Å²) in [6, 6.07) is 0.567. The summed E-state index contributed by atoms with van der Waals surface area (Å²) in [6.07, 6.45) is 12.2. The minimum atomic E-state index is -0.718. The predicted octanol–water partition coefficient (Wildman–Crippen LogP) is 2.80. The summed E-state index contributed by atoms with van der Waals surface area (Å²) in [5, 5.41) is 13.0. The maximum Gasteiger partial charge on any atom is 0.303 e. The van der Waals surface area contributed by atoms with Gasteiger partial charge in [0.1, 0.15) is 0 Å². The van der Waals surface area contributed by atoms with Crippen LogP contribution in [0.3, 0.4) is 0 Å². The van der Waals surface area contributed by atoms with Gasteiger partial charge in [0.05, 0.1) is 12.2 Å². The van der Waals surface area contributed by atoms with E-state index in [0.29, 0.717) is 12.5 Å². The number of aromatic nitrogens is 2. The molecule has 0 unspecified atom stereocenters. The van der Waals surface area contributed by atoms with Crippen LogP contribution in [-0.2, 0) is 11.2 Å². The van der Waals surface area contributed by atoms with Crippen molar-refractivity contribution < 1.29 is 9.90 Å². The highest BCUT2D eigenvalue weighted by Gasteiger charge is 2.15. The molecule has 4 nitrogen and oxygen atoms in total. The highest BCUT2D eigenvalue weighted by atomic mass is 16.4. The summed E-state index contributed by atoms with van der Waals surface area (Å²) in [5.74, 6) is -0.718. The molecule has 1 aliphatic carbocycles. The van der Waals surface area contributed by atoms with Crippen LogP contribution in [0.15, 0.2) is 12.4 Å². The summed E-state index contributed by atoms with van der Waals surface area (Å²) in [7, 11) is 0. The lowest BCUT2D eigenvalue weighted by atomic mass is 9.96. The van der Waals surface area contributed by atoms with Crippen molar-refractivity contribution in [1.82, 2.24) is 9.78 Å². The molecule has 1 aliphatic rings. The van der Waals surface area contributed by atoms with Gasteiger partial charge in [-0.05, 0) is 31.2 Å². The number of carboxylic acids is 1. The number of rotatable bonds is 5. The van der Waals surface area contributed by atoms with Gasteiger partial charge in [-0.25, -0.2) is 0 Å². The Kier molecular flexibility index (Phi) is 4.18. The molecule has 0 bridgehead atoms. The molecule has 1 fully saturated rings. The third kappa shape index (κ3) is 3.58. The minimum absolute atomic E-state index is 0.245. The van der Waals surface area contributed by atoms with Crippen molar-refractivity contribution in [2.24, 2.45) is 0 Å². The first-order valence-corrected chi connectivity index (χ1v) is 6.50. The molecule has 0 atom stereocenters. The largest absolute Gasteiger partial charge is 0.481 e. The van der Waals surface area contributed by atoms with Gasteiger partial charge < -0.3 is 5.11 Å². The van der Waals surface area contributed by atoms with Crippen LogP contribution in [0.5, 0.6) is 0 Å². The molecule has 0 radical (unpaired) electrons. The maximum absolute atomic E-state index is 10.4. The van der Waals surface area contributed by atoms with Crippen molar-refractivity contribution in [2.75, 3.05) is 0 Å². The van der Waals surface area contributed by atoms with Crippen molar-refractivity contribution >= 4 is 5.97 Å². The fourth-order valence-corrected chi connectivity index (χ4v) is 2.50. The zero-order chi connectivity index (χ0) is 12.1. The second kappa shape index (κ2) is 5.84. The number of carboxylic acid groups (broad SMARTS) is 1. The summed E-state index contributed by atoms with van der Waals surface area (Å²) >= 11 is 0. The second-order valence-corrected chi connectivity index (χ2v) is 4.87. The Hall–Kier alpha value is -1.32. The number of aliphatic carboxylic acids is 1.